The fraction of sp³-hybridized carbons (Fsp3) is 0.579. The van der Waals surface area contributed by atoms with Crippen molar-refractivity contribution < 1.29 is 14.3 Å². The third-order valence-corrected chi connectivity index (χ3v) is 4.99. The van der Waals surface area contributed by atoms with Gasteiger partial charge in [0, 0.05) is 25.4 Å². The monoisotopic (exact) mass is 345 g/mol. The van der Waals surface area contributed by atoms with Crippen LogP contribution in [0.15, 0.2) is 30.3 Å². The van der Waals surface area contributed by atoms with Crippen LogP contribution < -0.4 is 10.2 Å². The Bertz CT molecular complexity index is 587. The van der Waals surface area contributed by atoms with Crippen LogP contribution in [0.5, 0.6) is 0 Å². The van der Waals surface area contributed by atoms with Crippen LogP contribution >= 0.6 is 0 Å². The molecule has 0 aromatic heterocycles. The van der Waals surface area contributed by atoms with E-state index in [0.29, 0.717) is 19.6 Å². The lowest BCUT2D eigenvalue weighted by Crippen LogP contribution is -2.47. The number of hydrogen-bond donors (Lipinski definition) is 1. The minimum atomic E-state index is -0.223. The van der Waals surface area contributed by atoms with E-state index in [2.05, 4.69) is 5.32 Å². The molecule has 136 valence electrons. The van der Waals surface area contributed by atoms with Crippen LogP contribution in [-0.4, -0.2) is 61.6 Å². The summed E-state index contributed by atoms with van der Waals surface area (Å²) in [7, 11) is 0. The molecule has 2 atom stereocenters. The van der Waals surface area contributed by atoms with Gasteiger partial charge in [0.1, 0.15) is 0 Å². The average Bonchev–Trinajstić information content (AvgIpc) is 3.28. The molecule has 2 amide bonds. The minimum absolute atomic E-state index is 0.0386. The highest BCUT2D eigenvalue weighted by Gasteiger charge is 2.36. The molecule has 6 heteroatoms. The molecular weight excluding hydrogens is 318 g/mol. The number of nitrogens with one attached hydrogen (secondary N) is 1. The van der Waals surface area contributed by atoms with Crippen molar-refractivity contribution >= 4 is 17.5 Å². The van der Waals surface area contributed by atoms with E-state index in [1.54, 1.807) is 0 Å². The highest BCUT2D eigenvalue weighted by Crippen LogP contribution is 2.24. The molecule has 0 aliphatic carbocycles. The van der Waals surface area contributed by atoms with E-state index in [9.17, 15) is 9.59 Å². The molecule has 6 nitrogen and oxygen atoms in total. The molecule has 0 spiro atoms. The van der Waals surface area contributed by atoms with E-state index in [0.717, 1.165) is 31.6 Å². The molecule has 2 saturated heterocycles. The van der Waals surface area contributed by atoms with Crippen LogP contribution in [0.4, 0.5) is 5.69 Å². The third kappa shape index (κ3) is 4.38. The maximum absolute atomic E-state index is 12.8. The first-order chi connectivity index (χ1) is 12.2. The average molecular weight is 345 g/mol. The SMILES string of the molecule is CCN(CC(=O)NCC1CCCO1)C1CCN(c2ccccc2)C1=O. The van der Waals surface area contributed by atoms with Gasteiger partial charge in [0.2, 0.25) is 11.8 Å². The van der Waals surface area contributed by atoms with Gasteiger partial charge in [-0.05, 0) is 37.9 Å². The molecule has 3 rings (SSSR count). The summed E-state index contributed by atoms with van der Waals surface area (Å²) in [5, 5.41) is 2.94. The highest BCUT2D eigenvalue weighted by molar-refractivity contribution is 5.99. The fourth-order valence-electron chi connectivity index (χ4n) is 3.58. The molecule has 2 unspecified atom stereocenters. The maximum atomic E-state index is 12.8. The van der Waals surface area contributed by atoms with Crippen LogP contribution in [-0.2, 0) is 14.3 Å². The minimum Gasteiger partial charge on any atom is -0.376 e. The number of carbonyl (C=O) groups is 2. The first kappa shape index (κ1) is 17.9. The number of carbonyl (C=O) groups excluding carboxylic acids is 2. The zero-order chi connectivity index (χ0) is 17.6. The highest BCUT2D eigenvalue weighted by atomic mass is 16.5. The lowest BCUT2D eigenvalue weighted by molar-refractivity contribution is -0.126. The summed E-state index contributed by atoms with van der Waals surface area (Å²) in [5.74, 6) is 0.0447. The van der Waals surface area contributed by atoms with Crippen LogP contribution in [0, 0.1) is 0 Å². The van der Waals surface area contributed by atoms with Crippen LogP contribution in [0.3, 0.4) is 0 Å². The Morgan fingerprint density at radius 2 is 2.12 bits per heavy atom. The van der Waals surface area contributed by atoms with Crippen molar-refractivity contribution in [3.8, 4) is 0 Å². The van der Waals surface area contributed by atoms with Crippen molar-refractivity contribution in [2.24, 2.45) is 0 Å². The largest absolute Gasteiger partial charge is 0.376 e. The van der Waals surface area contributed by atoms with Crippen molar-refractivity contribution in [1.29, 1.82) is 0 Å². The number of nitrogens with zero attached hydrogens (tertiary/aromatic N) is 2. The van der Waals surface area contributed by atoms with E-state index in [4.69, 9.17) is 4.74 Å². The molecule has 0 saturated carbocycles. The van der Waals surface area contributed by atoms with Gasteiger partial charge in [0.25, 0.3) is 0 Å². The Hall–Kier alpha value is -1.92. The number of rotatable bonds is 7. The fourth-order valence-corrected chi connectivity index (χ4v) is 3.58. The number of anilines is 1. The second-order valence-corrected chi connectivity index (χ2v) is 6.63. The summed E-state index contributed by atoms with van der Waals surface area (Å²) < 4.78 is 5.53. The number of para-hydroxylation sites is 1. The molecule has 1 aromatic rings. The zero-order valence-electron chi connectivity index (χ0n) is 14.8. The Morgan fingerprint density at radius 1 is 1.32 bits per heavy atom. The number of hydrogen-bond acceptors (Lipinski definition) is 4. The molecule has 25 heavy (non-hydrogen) atoms. The van der Waals surface area contributed by atoms with Gasteiger partial charge in [-0.15, -0.1) is 0 Å². The summed E-state index contributed by atoms with van der Waals surface area (Å²) >= 11 is 0. The quantitative estimate of drug-likeness (QED) is 0.812. The van der Waals surface area contributed by atoms with Crippen LogP contribution in [0.1, 0.15) is 26.2 Å². The molecular formula is C19H27N3O3. The summed E-state index contributed by atoms with van der Waals surface area (Å²) in [5.41, 5.74) is 0.925. The van der Waals surface area contributed by atoms with Gasteiger partial charge < -0.3 is 15.0 Å². The molecule has 0 bridgehead atoms. The predicted octanol–water partition coefficient (Wildman–Crippen LogP) is 1.41. The Balaban J connectivity index is 1.53. The molecule has 1 aromatic carbocycles. The standard InChI is InChI=1S/C19H27N3O3/c1-2-21(14-18(23)20-13-16-9-6-12-25-16)17-10-11-22(19(17)24)15-7-4-3-5-8-15/h3-5,7-8,16-17H,2,6,9-14H2,1H3,(H,20,23). The second kappa shape index (κ2) is 8.45. The maximum Gasteiger partial charge on any atom is 0.244 e. The van der Waals surface area contributed by atoms with E-state index >= 15 is 0 Å². The smallest absolute Gasteiger partial charge is 0.244 e. The van der Waals surface area contributed by atoms with E-state index < -0.39 is 0 Å². The van der Waals surface area contributed by atoms with E-state index in [1.165, 1.54) is 0 Å². The summed E-state index contributed by atoms with van der Waals surface area (Å²) in [6.07, 6.45) is 2.96. The number of amides is 2. The number of benzene rings is 1. The first-order valence-corrected chi connectivity index (χ1v) is 9.18. The summed E-state index contributed by atoms with van der Waals surface area (Å²) in [6, 6.07) is 9.49. The van der Waals surface area contributed by atoms with Crippen LogP contribution in [0.2, 0.25) is 0 Å². The summed E-state index contributed by atoms with van der Waals surface area (Å²) in [4.78, 5) is 28.8. The van der Waals surface area contributed by atoms with Crippen molar-refractivity contribution in [3.63, 3.8) is 0 Å². The Morgan fingerprint density at radius 3 is 2.80 bits per heavy atom. The molecule has 2 heterocycles. The molecule has 2 fully saturated rings. The van der Waals surface area contributed by atoms with E-state index in [-0.39, 0.29) is 30.5 Å². The van der Waals surface area contributed by atoms with Gasteiger partial charge in [0.15, 0.2) is 0 Å². The van der Waals surface area contributed by atoms with Gasteiger partial charge in [-0.1, -0.05) is 25.1 Å². The molecule has 1 N–H and O–H groups in total. The van der Waals surface area contributed by atoms with Gasteiger partial charge >= 0.3 is 0 Å². The topological polar surface area (TPSA) is 61.9 Å². The third-order valence-electron chi connectivity index (χ3n) is 4.99. The zero-order valence-corrected chi connectivity index (χ0v) is 14.8. The van der Waals surface area contributed by atoms with Crippen LogP contribution in [0.25, 0.3) is 0 Å². The van der Waals surface area contributed by atoms with Crippen molar-refractivity contribution in [2.45, 2.75) is 38.3 Å². The Labute approximate surface area is 149 Å². The lowest BCUT2D eigenvalue weighted by Gasteiger charge is -2.26. The van der Waals surface area contributed by atoms with Gasteiger partial charge in [-0.25, -0.2) is 0 Å². The second-order valence-electron chi connectivity index (χ2n) is 6.63. The van der Waals surface area contributed by atoms with Crippen molar-refractivity contribution in [1.82, 2.24) is 10.2 Å². The lowest BCUT2D eigenvalue weighted by atomic mass is 10.2. The molecule has 0 radical (unpaired) electrons. The first-order valence-electron chi connectivity index (χ1n) is 9.18. The van der Waals surface area contributed by atoms with Gasteiger partial charge in [0.05, 0.1) is 18.7 Å². The normalized spacial score (nSPS) is 23.4. The molecule has 2 aliphatic rings. The van der Waals surface area contributed by atoms with Crippen molar-refractivity contribution in [2.75, 3.05) is 37.7 Å². The Kier molecular flexibility index (Phi) is 6.04. The van der Waals surface area contributed by atoms with E-state index in [1.807, 2.05) is 47.1 Å². The summed E-state index contributed by atoms with van der Waals surface area (Å²) in [6.45, 7) is 4.96. The van der Waals surface area contributed by atoms with Gasteiger partial charge in [-0.2, -0.15) is 0 Å². The van der Waals surface area contributed by atoms with Gasteiger partial charge in [-0.3, -0.25) is 14.5 Å². The number of likely N-dealkylation sites (N-methyl/N-ethyl adjacent to an activating group) is 1. The number of ether oxygens (including phenoxy) is 1. The predicted molar refractivity (Wildman–Crippen MR) is 96.4 cm³/mol. The van der Waals surface area contributed by atoms with Crippen molar-refractivity contribution in [3.05, 3.63) is 30.3 Å². The molecule has 2 aliphatic heterocycles.